The molecule has 0 unspecified atom stereocenters. The quantitative estimate of drug-likeness (QED) is 0.643. The highest BCUT2D eigenvalue weighted by atomic mass is 19.4. The number of fused-ring (bicyclic) bond motifs is 1. The van der Waals surface area contributed by atoms with Crippen molar-refractivity contribution in [3.05, 3.63) is 36.2 Å². The van der Waals surface area contributed by atoms with Gasteiger partial charge in [-0.3, -0.25) is 0 Å². The Kier molecular flexibility index (Phi) is 5.09. The predicted molar refractivity (Wildman–Crippen MR) is 104 cm³/mol. The van der Waals surface area contributed by atoms with Crippen molar-refractivity contribution in [1.29, 1.82) is 5.26 Å². The highest BCUT2D eigenvalue weighted by Crippen LogP contribution is 2.35. The SMILES string of the molecule is CC(C)Nc1nc(Nc2cccc3c2cnn3C(C)(C)C#N)ncc1C(F)(F)F. The number of hydrogen-bond acceptors (Lipinski definition) is 6. The van der Waals surface area contributed by atoms with Crippen molar-refractivity contribution in [1.82, 2.24) is 19.7 Å². The summed E-state index contributed by atoms with van der Waals surface area (Å²) in [4.78, 5) is 7.85. The number of benzene rings is 1. The summed E-state index contributed by atoms with van der Waals surface area (Å²) in [5.41, 5.74) is -0.523. The van der Waals surface area contributed by atoms with Crippen molar-refractivity contribution in [2.24, 2.45) is 0 Å². The summed E-state index contributed by atoms with van der Waals surface area (Å²) in [5.74, 6) is -0.278. The molecule has 0 bridgehead atoms. The minimum atomic E-state index is -4.57. The van der Waals surface area contributed by atoms with Gasteiger partial charge in [-0.1, -0.05) is 6.07 Å². The molecule has 3 rings (SSSR count). The fraction of sp³-hybridized carbons (Fsp3) is 0.368. The largest absolute Gasteiger partial charge is 0.421 e. The number of nitrogens with one attached hydrogen (secondary N) is 2. The topological polar surface area (TPSA) is 91.5 Å². The number of rotatable bonds is 5. The molecule has 0 fully saturated rings. The standard InChI is InChI=1S/C19H20F3N7/c1-11(2)26-16-13(19(20,21)22)9-24-17(28-16)27-14-6-5-7-15-12(14)8-25-29(15)18(3,4)10-23/h5-9,11H,1-4H3,(H2,24,26,27,28). The Bertz CT molecular complexity index is 1080. The fourth-order valence-corrected chi connectivity index (χ4v) is 2.81. The molecule has 0 aliphatic heterocycles. The van der Waals surface area contributed by atoms with Crippen LogP contribution in [0.15, 0.2) is 30.6 Å². The Labute approximate surface area is 165 Å². The number of aromatic nitrogens is 4. The van der Waals surface area contributed by atoms with E-state index in [1.54, 1.807) is 50.7 Å². The number of anilines is 3. The lowest BCUT2D eigenvalue weighted by atomic mass is 10.1. The smallest absolute Gasteiger partial charge is 0.367 e. The second-order valence-corrected chi connectivity index (χ2v) is 7.34. The van der Waals surface area contributed by atoms with E-state index in [0.29, 0.717) is 16.6 Å². The maximum Gasteiger partial charge on any atom is 0.421 e. The first-order chi connectivity index (χ1) is 13.5. The molecule has 0 atom stereocenters. The monoisotopic (exact) mass is 403 g/mol. The number of halogens is 3. The lowest BCUT2D eigenvalue weighted by Gasteiger charge is -2.18. The molecule has 152 valence electrons. The van der Waals surface area contributed by atoms with Crippen LogP contribution in [0.4, 0.5) is 30.6 Å². The average Bonchev–Trinajstić information content (AvgIpc) is 3.06. The van der Waals surface area contributed by atoms with Crippen molar-refractivity contribution in [2.45, 2.75) is 45.5 Å². The van der Waals surface area contributed by atoms with Gasteiger partial charge in [0.25, 0.3) is 0 Å². The molecule has 7 nitrogen and oxygen atoms in total. The van der Waals surface area contributed by atoms with Crippen LogP contribution in [-0.2, 0) is 11.7 Å². The molecule has 0 saturated carbocycles. The number of hydrogen-bond donors (Lipinski definition) is 2. The summed E-state index contributed by atoms with van der Waals surface area (Å²) in [7, 11) is 0. The molecule has 2 heterocycles. The molecule has 0 aliphatic rings. The van der Waals surface area contributed by atoms with Gasteiger partial charge in [0.15, 0.2) is 0 Å². The highest BCUT2D eigenvalue weighted by Gasteiger charge is 2.35. The van der Waals surface area contributed by atoms with Crippen LogP contribution in [0.1, 0.15) is 33.3 Å². The second-order valence-electron chi connectivity index (χ2n) is 7.34. The summed E-state index contributed by atoms with van der Waals surface area (Å²) in [6, 6.07) is 7.26. The zero-order valence-corrected chi connectivity index (χ0v) is 16.3. The van der Waals surface area contributed by atoms with Crippen LogP contribution >= 0.6 is 0 Å². The molecule has 0 radical (unpaired) electrons. The summed E-state index contributed by atoms with van der Waals surface area (Å²) in [6.45, 7) is 6.92. The van der Waals surface area contributed by atoms with Gasteiger partial charge in [-0.15, -0.1) is 0 Å². The third kappa shape index (κ3) is 4.08. The first-order valence-corrected chi connectivity index (χ1v) is 8.89. The zero-order valence-electron chi connectivity index (χ0n) is 16.3. The van der Waals surface area contributed by atoms with E-state index in [0.717, 1.165) is 6.20 Å². The van der Waals surface area contributed by atoms with E-state index in [9.17, 15) is 18.4 Å². The maximum atomic E-state index is 13.2. The van der Waals surface area contributed by atoms with Crippen molar-refractivity contribution >= 4 is 28.4 Å². The zero-order chi connectivity index (χ0) is 21.4. The Balaban J connectivity index is 2.02. The Hall–Kier alpha value is -3.35. The first kappa shape index (κ1) is 20.4. The van der Waals surface area contributed by atoms with Gasteiger partial charge in [-0.2, -0.15) is 28.5 Å². The Morgan fingerprint density at radius 3 is 2.52 bits per heavy atom. The molecule has 0 spiro atoms. The van der Waals surface area contributed by atoms with Crippen LogP contribution < -0.4 is 10.6 Å². The van der Waals surface area contributed by atoms with Crippen molar-refractivity contribution in [2.75, 3.05) is 10.6 Å². The van der Waals surface area contributed by atoms with Gasteiger partial charge in [0.05, 0.1) is 23.5 Å². The molecule has 0 saturated heterocycles. The van der Waals surface area contributed by atoms with E-state index < -0.39 is 17.3 Å². The number of nitrogens with zero attached hydrogens (tertiary/aromatic N) is 5. The third-order valence-electron chi connectivity index (χ3n) is 4.18. The van der Waals surface area contributed by atoms with Gasteiger partial charge >= 0.3 is 6.18 Å². The molecule has 2 aromatic heterocycles. The van der Waals surface area contributed by atoms with Crippen LogP contribution in [0.5, 0.6) is 0 Å². The number of nitriles is 1. The first-order valence-electron chi connectivity index (χ1n) is 8.89. The maximum absolute atomic E-state index is 13.2. The summed E-state index contributed by atoms with van der Waals surface area (Å²) < 4.78 is 41.3. The fourth-order valence-electron chi connectivity index (χ4n) is 2.81. The van der Waals surface area contributed by atoms with Crippen molar-refractivity contribution in [3.63, 3.8) is 0 Å². The average molecular weight is 403 g/mol. The van der Waals surface area contributed by atoms with Crippen molar-refractivity contribution in [3.8, 4) is 6.07 Å². The lowest BCUT2D eigenvalue weighted by Crippen LogP contribution is -2.24. The van der Waals surface area contributed by atoms with Crippen LogP contribution in [0, 0.1) is 11.3 Å². The molecule has 2 N–H and O–H groups in total. The minimum absolute atomic E-state index is 0.0148. The van der Waals surface area contributed by atoms with E-state index in [-0.39, 0.29) is 17.8 Å². The van der Waals surface area contributed by atoms with Crippen LogP contribution in [-0.4, -0.2) is 25.8 Å². The van der Waals surface area contributed by atoms with Crippen LogP contribution in [0.2, 0.25) is 0 Å². The Morgan fingerprint density at radius 1 is 1.17 bits per heavy atom. The van der Waals surface area contributed by atoms with Gasteiger partial charge in [0.1, 0.15) is 16.9 Å². The molecule has 3 aromatic rings. The van der Waals surface area contributed by atoms with Gasteiger partial charge in [-0.05, 0) is 39.8 Å². The lowest BCUT2D eigenvalue weighted by molar-refractivity contribution is -0.137. The minimum Gasteiger partial charge on any atom is -0.367 e. The molecule has 0 amide bonds. The van der Waals surface area contributed by atoms with Gasteiger partial charge in [-0.25, -0.2) is 9.67 Å². The predicted octanol–water partition coefficient (Wildman–Crippen LogP) is 4.67. The van der Waals surface area contributed by atoms with Crippen molar-refractivity contribution < 1.29 is 13.2 Å². The molecule has 29 heavy (non-hydrogen) atoms. The van der Waals surface area contributed by atoms with E-state index in [2.05, 4.69) is 31.8 Å². The summed E-state index contributed by atoms with van der Waals surface area (Å²) >= 11 is 0. The molecular formula is C19H20F3N7. The van der Waals surface area contributed by atoms with E-state index in [4.69, 9.17) is 0 Å². The summed E-state index contributed by atoms with van der Waals surface area (Å²) in [6.07, 6.45) is -2.23. The van der Waals surface area contributed by atoms with Gasteiger partial charge < -0.3 is 10.6 Å². The van der Waals surface area contributed by atoms with E-state index >= 15 is 0 Å². The molecule has 1 aromatic carbocycles. The second kappa shape index (κ2) is 7.24. The van der Waals surface area contributed by atoms with Gasteiger partial charge in [0.2, 0.25) is 5.95 Å². The normalized spacial score (nSPS) is 12.2. The highest BCUT2D eigenvalue weighted by molar-refractivity contribution is 5.93. The van der Waals surface area contributed by atoms with E-state index in [1.165, 1.54) is 0 Å². The molecule has 0 aliphatic carbocycles. The van der Waals surface area contributed by atoms with Crippen LogP contribution in [0.3, 0.4) is 0 Å². The molecule has 10 heteroatoms. The Morgan fingerprint density at radius 2 is 1.90 bits per heavy atom. The van der Waals surface area contributed by atoms with E-state index in [1.807, 2.05) is 6.07 Å². The number of alkyl halides is 3. The van der Waals surface area contributed by atoms with Gasteiger partial charge in [0, 0.05) is 17.6 Å². The molecular weight excluding hydrogens is 383 g/mol. The third-order valence-corrected chi connectivity index (χ3v) is 4.18. The summed E-state index contributed by atoms with van der Waals surface area (Å²) in [5, 5.41) is 20.0. The van der Waals surface area contributed by atoms with Crippen LogP contribution in [0.25, 0.3) is 10.9 Å².